The van der Waals surface area contributed by atoms with Crippen LogP contribution in [0.5, 0.6) is 11.5 Å². The number of hydrogen-bond donors (Lipinski definition) is 2. The first-order chi connectivity index (χ1) is 11.5. The van der Waals surface area contributed by atoms with E-state index < -0.39 is 11.2 Å². The van der Waals surface area contributed by atoms with E-state index in [1.54, 1.807) is 6.92 Å². The molecule has 0 unspecified atom stereocenters. The fourth-order valence-corrected chi connectivity index (χ4v) is 3.07. The maximum absolute atomic E-state index is 11.6. The SMILES string of the molecule is C/C(=N\N=C1/NC(=O)[C@H](CC(=O)O)S1)[C@@H]1COc2ccccc2O1. The Morgan fingerprint density at radius 1 is 1.42 bits per heavy atom. The van der Waals surface area contributed by atoms with E-state index in [1.165, 1.54) is 0 Å². The summed E-state index contributed by atoms with van der Waals surface area (Å²) in [7, 11) is 0. The zero-order valence-corrected chi connectivity index (χ0v) is 13.6. The lowest BCUT2D eigenvalue weighted by atomic mass is 10.2. The molecular formula is C15H15N3O5S. The highest BCUT2D eigenvalue weighted by Gasteiger charge is 2.32. The second-order valence-corrected chi connectivity index (χ2v) is 6.40. The third-order valence-corrected chi connectivity index (χ3v) is 4.48. The van der Waals surface area contributed by atoms with Gasteiger partial charge in [-0.3, -0.25) is 9.59 Å². The van der Waals surface area contributed by atoms with Crippen LogP contribution >= 0.6 is 11.8 Å². The van der Waals surface area contributed by atoms with Crippen molar-refractivity contribution in [3.05, 3.63) is 24.3 Å². The van der Waals surface area contributed by atoms with Gasteiger partial charge in [-0.2, -0.15) is 5.10 Å². The summed E-state index contributed by atoms with van der Waals surface area (Å²) in [6.45, 7) is 2.07. The Hall–Kier alpha value is -2.55. The van der Waals surface area contributed by atoms with Gasteiger partial charge in [-0.05, 0) is 19.1 Å². The van der Waals surface area contributed by atoms with Gasteiger partial charge in [-0.25, -0.2) is 0 Å². The van der Waals surface area contributed by atoms with Gasteiger partial charge >= 0.3 is 5.97 Å². The zero-order chi connectivity index (χ0) is 17.1. The van der Waals surface area contributed by atoms with Gasteiger partial charge in [0.25, 0.3) is 0 Å². The molecular weight excluding hydrogens is 334 g/mol. The summed E-state index contributed by atoms with van der Waals surface area (Å²) in [4.78, 5) is 22.3. The van der Waals surface area contributed by atoms with E-state index in [1.807, 2.05) is 24.3 Å². The van der Waals surface area contributed by atoms with Crippen LogP contribution in [0, 0.1) is 0 Å². The minimum atomic E-state index is -1.03. The van der Waals surface area contributed by atoms with Crippen LogP contribution in [0.2, 0.25) is 0 Å². The molecule has 2 N–H and O–H groups in total. The van der Waals surface area contributed by atoms with Gasteiger partial charge in [-0.1, -0.05) is 23.9 Å². The van der Waals surface area contributed by atoms with Crippen LogP contribution in [0.25, 0.3) is 0 Å². The first kappa shape index (κ1) is 16.3. The second-order valence-electron chi connectivity index (χ2n) is 5.20. The molecule has 2 aliphatic rings. The Morgan fingerprint density at radius 3 is 2.92 bits per heavy atom. The van der Waals surface area contributed by atoms with Crippen LogP contribution in [0.15, 0.2) is 34.5 Å². The van der Waals surface area contributed by atoms with E-state index in [9.17, 15) is 9.59 Å². The number of carboxylic acid groups (broad SMARTS) is 1. The molecule has 1 aromatic rings. The van der Waals surface area contributed by atoms with Crippen LogP contribution in [0.3, 0.4) is 0 Å². The smallest absolute Gasteiger partial charge is 0.305 e. The number of amides is 1. The molecule has 2 heterocycles. The van der Waals surface area contributed by atoms with E-state index in [0.717, 1.165) is 11.8 Å². The van der Waals surface area contributed by atoms with Gasteiger partial charge in [0.15, 0.2) is 22.8 Å². The first-order valence-corrected chi connectivity index (χ1v) is 8.11. The standard InChI is InChI=1S/C15H15N3O5S/c1-8(11-7-22-9-4-2-3-5-10(9)23-11)17-18-15-16-14(21)12(24-15)6-13(19)20/h2-5,11-12H,6-7H2,1H3,(H,19,20)(H,16,18,21)/b17-8+/t11-,12-/m0/s1. The van der Waals surface area contributed by atoms with E-state index in [-0.39, 0.29) is 23.6 Å². The Bertz CT molecular complexity index is 734. The van der Waals surface area contributed by atoms with Gasteiger partial charge in [0, 0.05) is 0 Å². The number of fused-ring (bicyclic) bond motifs is 1. The second kappa shape index (κ2) is 6.91. The Morgan fingerprint density at radius 2 is 2.17 bits per heavy atom. The van der Waals surface area contributed by atoms with Crippen molar-refractivity contribution in [2.24, 2.45) is 10.2 Å². The number of carboxylic acids is 1. The number of ether oxygens (including phenoxy) is 2. The molecule has 2 aliphatic heterocycles. The summed E-state index contributed by atoms with van der Waals surface area (Å²) in [6, 6.07) is 7.35. The van der Waals surface area contributed by atoms with Gasteiger partial charge in [-0.15, -0.1) is 5.10 Å². The molecule has 2 atom stereocenters. The van der Waals surface area contributed by atoms with Crippen LogP contribution in [0.4, 0.5) is 0 Å². The summed E-state index contributed by atoms with van der Waals surface area (Å²) in [5.74, 6) is -0.0841. The van der Waals surface area contributed by atoms with Gasteiger partial charge in [0.2, 0.25) is 5.91 Å². The van der Waals surface area contributed by atoms with Crippen molar-refractivity contribution < 1.29 is 24.2 Å². The van der Waals surface area contributed by atoms with E-state index in [2.05, 4.69) is 15.5 Å². The number of nitrogens with zero attached hydrogens (tertiary/aromatic N) is 2. The Kier molecular flexibility index (Phi) is 4.70. The summed E-state index contributed by atoms with van der Waals surface area (Å²) in [6.07, 6.45) is -0.629. The Labute approximate surface area is 141 Å². The average molecular weight is 349 g/mol. The van der Waals surface area contributed by atoms with Crippen LogP contribution < -0.4 is 14.8 Å². The third-order valence-electron chi connectivity index (χ3n) is 3.41. The predicted molar refractivity (Wildman–Crippen MR) is 88.7 cm³/mol. The van der Waals surface area contributed by atoms with E-state index in [0.29, 0.717) is 23.8 Å². The molecule has 0 spiro atoms. The third kappa shape index (κ3) is 3.67. The molecule has 0 aromatic heterocycles. The van der Waals surface area contributed by atoms with E-state index in [4.69, 9.17) is 14.6 Å². The lowest BCUT2D eigenvalue weighted by Crippen LogP contribution is -2.35. The lowest BCUT2D eigenvalue weighted by Gasteiger charge is -2.25. The van der Waals surface area contributed by atoms with Crippen molar-refractivity contribution in [1.82, 2.24) is 5.32 Å². The highest BCUT2D eigenvalue weighted by molar-refractivity contribution is 8.15. The number of aliphatic carboxylic acids is 1. The zero-order valence-electron chi connectivity index (χ0n) is 12.8. The van der Waals surface area contributed by atoms with Gasteiger partial charge in [0.05, 0.1) is 12.1 Å². The number of amidine groups is 1. The monoisotopic (exact) mass is 349 g/mol. The van der Waals surface area contributed by atoms with Crippen molar-refractivity contribution >= 4 is 34.5 Å². The summed E-state index contributed by atoms with van der Waals surface area (Å²) in [5, 5.41) is 18.9. The molecule has 8 nitrogen and oxygen atoms in total. The largest absolute Gasteiger partial charge is 0.485 e. The maximum atomic E-state index is 11.6. The topological polar surface area (TPSA) is 110 Å². The van der Waals surface area contributed by atoms with E-state index >= 15 is 0 Å². The molecule has 126 valence electrons. The minimum absolute atomic E-state index is 0.255. The molecule has 1 saturated heterocycles. The molecule has 9 heteroatoms. The highest BCUT2D eigenvalue weighted by atomic mass is 32.2. The molecule has 0 bridgehead atoms. The maximum Gasteiger partial charge on any atom is 0.305 e. The fraction of sp³-hybridized carbons (Fsp3) is 0.333. The molecule has 1 aromatic carbocycles. The normalized spacial score (nSPS) is 24.8. The fourth-order valence-electron chi connectivity index (χ4n) is 2.16. The predicted octanol–water partition coefficient (Wildman–Crippen LogP) is 1.26. The molecule has 24 heavy (non-hydrogen) atoms. The number of benzene rings is 1. The molecule has 0 saturated carbocycles. The van der Waals surface area contributed by atoms with Gasteiger partial charge in [0.1, 0.15) is 11.9 Å². The molecule has 1 amide bonds. The number of carbonyl (C=O) groups excluding carboxylic acids is 1. The number of thioether (sulfide) groups is 1. The number of rotatable bonds is 4. The van der Waals surface area contributed by atoms with Crippen molar-refractivity contribution in [3.8, 4) is 11.5 Å². The van der Waals surface area contributed by atoms with Crippen molar-refractivity contribution in [1.29, 1.82) is 0 Å². The average Bonchev–Trinajstić information content (AvgIpc) is 2.91. The number of carbonyl (C=O) groups is 2. The van der Waals surface area contributed by atoms with Crippen LogP contribution in [-0.2, 0) is 9.59 Å². The highest BCUT2D eigenvalue weighted by Crippen LogP contribution is 2.31. The van der Waals surface area contributed by atoms with Crippen molar-refractivity contribution in [3.63, 3.8) is 0 Å². The minimum Gasteiger partial charge on any atom is -0.485 e. The lowest BCUT2D eigenvalue weighted by molar-refractivity contribution is -0.138. The number of hydrogen-bond acceptors (Lipinski definition) is 7. The molecule has 1 fully saturated rings. The van der Waals surface area contributed by atoms with Crippen LogP contribution in [-0.4, -0.2) is 45.8 Å². The molecule has 0 radical (unpaired) electrons. The summed E-state index contributed by atoms with van der Waals surface area (Å²) in [5.41, 5.74) is 0.591. The van der Waals surface area contributed by atoms with Gasteiger partial charge < -0.3 is 19.9 Å². The summed E-state index contributed by atoms with van der Waals surface area (Å²) < 4.78 is 11.4. The van der Waals surface area contributed by atoms with Crippen LogP contribution in [0.1, 0.15) is 13.3 Å². The first-order valence-electron chi connectivity index (χ1n) is 7.23. The number of para-hydroxylation sites is 2. The molecule has 0 aliphatic carbocycles. The van der Waals surface area contributed by atoms with Crippen molar-refractivity contribution in [2.75, 3.05) is 6.61 Å². The van der Waals surface area contributed by atoms with Crippen molar-refractivity contribution in [2.45, 2.75) is 24.7 Å². The number of nitrogens with one attached hydrogen (secondary N) is 1. The Balaban J connectivity index is 1.65. The quantitative estimate of drug-likeness (QED) is 0.626. The summed E-state index contributed by atoms with van der Waals surface area (Å²) >= 11 is 1.05. The molecule has 3 rings (SSSR count).